The maximum Gasteiger partial charge on any atom is 0.343 e. The Bertz CT molecular complexity index is 1640. The normalized spacial score (nSPS) is 12.8. The first kappa shape index (κ1) is 24.4. The Morgan fingerprint density at radius 3 is 1.51 bits per heavy atom. The van der Waals surface area contributed by atoms with Gasteiger partial charge in [0.25, 0.3) is 0 Å². The fourth-order valence-corrected chi connectivity index (χ4v) is 5.64. The van der Waals surface area contributed by atoms with Crippen LogP contribution in [0.4, 0.5) is 0 Å². The summed E-state index contributed by atoms with van der Waals surface area (Å²) < 4.78 is 11.1. The lowest BCUT2D eigenvalue weighted by molar-refractivity contribution is 0.0734. The van der Waals surface area contributed by atoms with Crippen LogP contribution in [0.25, 0.3) is 11.1 Å². The molecular weight excluding hydrogens is 484 g/mol. The van der Waals surface area contributed by atoms with Crippen molar-refractivity contribution in [1.29, 1.82) is 0 Å². The number of carbonyl (C=O) groups is 2. The summed E-state index contributed by atoms with van der Waals surface area (Å²) in [5.74, 6) is 0.724. The molecule has 39 heavy (non-hydrogen) atoms. The second kappa shape index (κ2) is 9.73. The summed E-state index contributed by atoms with van der Waals surface area (Å²) in [4.78, 5) is 24.3. The third-order valence-corrected chi connectivity index (χ3v) is 7.50. The van der Waals surface area contributed by atoms with Gasteiger partial charge in [0.05, 0.1) is 18.1 Å². The third kappa shape index (κ3) is 4.02. The van der Waals surface area contributed by atoms with Gasteiger partial charge in [-0.05, 0) is 76.7 Å². The first-order valence-electron chi connectivity index (χ1n) is 12.8. The predicted octanol–water partition coefficient (Wildman–Crippen LogP) is 7.48. The summed E-state index contributed by atoms with van der Waals surface area (Å²) in [6, 6.07) is 39.5. The summed E-state index contributed by atoms with van der Waals surface area (Å²) in [7, 11) is 1.67. The topological polar surface area (TPSA) is 52.6 Å². The number of methoxy groups -OCH3 is 1. The number of carbonyl (C=O) groups excluding carboxylic acids is 2. The lowest BCUT2D eigenvalue weighted by Gasteiger charge is -2.34. The Morgan fingerprint density at radius 1 is 0.564 bits per heavy atom. The lowest BCUT2D eigenvalue weighted by atomic mass is 9.68. The first-order chi connectivity index (χ1) is 19.0. The van der Waals surface area contributed by atoms with Gasteiger partial charge in [0, 0.05) is 5.56 Å². The molecule has 4 nitrogen and oxygen atoms in total. The molecule has 0 unspecified atom stereocenters. The molecule has 0 aromatic heterocycles. The zero-order valence-electron chi connectivity index (χ0n) is 21.7. The van der Waals surface area contributed by atoms with Gasteiger partial charge in [0.1, 0.15) is 11.5 Å². The van der Waals surface area contributed by atoms with Gasteiger partial charge >= 0.3 is 5.97 Å². The first-order valence-corrected chi connectivity index (χ1v) is 12.8. The largest absolute Gasteiger partial charge is 0.497 e. The zero-order chi connectivity index (χ0) is 27.0. The van der Waals surface area contributed by atoms with Gasteiger partial charge in [0.15, 0.2) is 5.78 Å². The molecule has 0 bridgehead atoms. The van der Waals surface area contributed by atoms with Crippen molar-refractivity contribution in [2.75, 3.05) is 7.11 Å². The molecule has 5 aromatic rings. The molecule has 1 aliphatic carbocycles. The summed E-state index contributed by atoms with van der Waals surface area (Å²) in [6.07, 6.45) is 0. The minimum atomic E-state index is -0.551. The SMILES string of the molecule is COc1ccc(C2(c3ccc(OC(=O)c4ccc(C(C)=O)cc4)cc3)c3ccccc3-c3ccccc32)cc1. The van der Waals surface area contributed by atoms with E-state index in [0.29, 0.717) is 16.9 Å². The number of hydrogen-bond acceptors (Lipinski definition) is 4. The van der Waals surface area contributed by atoms with Crippen LogP contribution in [-0.4, -0.2) is 18.9 Å². The number of fused-ring (bicyclic) bond motifs is 3. The van der Waals surface area contributed by atoms with E-state index in [9.17, 15) is 9.59 Å². The van der Waals surface area contributed by atoms with Crippen LogP contribution in [0.15, 0.2) is 121 Å². The van der Waals surface area contributed by atoms with Gasteiger partial charge in [-0.3, -0.25) is 4.79 Å². The fraction of sp³-hybridized carbons (Fsp3) is 0.0857. The van der Waals surface area contributed by atoms with Crippen LogP contribution < -0.4 is 9.47 Å². The maximum absolute atomic E-state index is 12.8. The van der Waals surface area contributed by atoms with E-state index in [2.05, 4.69) is 60.7 Å². The van der Waals surface area contributed by atoms with Crippen molar-refractivity contribution in [1.82, 2.24) is 0 Å². The summed E-state index contributed by atoms with van der Waals surface area (Å²) in [5, 5.41) is 0. The molecule has 1 aliphatic rings. The Morgan fingerprint density at radius 2 is 1.03 bits per heavy atom. The predicted molar refractivity (Wildman–Crippen MR) is 152 cm³/mol. The fourth-order valence-electron chi connectivity index (χ4n) is 5.64. The number of esters is 1. The van der Waals surface area contributed by atoms with E-state index >= 15 is 0 Å². The minimum absolute atomic E-state index is 0.0497. The zero-order valence-corrected chi connectivity index (χ0v) is 21.7. The summed E-state index contributed by atoms with van der Waals surface area (Å²) in [6.45, 7) is 1.49. The molecule has 6 rings (SSSR count). The van der Waals surface area contributed by atoms with Crippen LogP contribution in [0.3, 0.4) is 0 Å². The number of Topliss-reactive ketones (excluding diaryl/α,β-unsaturated/α-hetero) is 1. The molecule has 0 fully saturated rings. The van der Waals surface area contributed by atoms with E-state index in [4.69, 9.17) is 9.47 Å². The number of hydrogen-bond donors (Lipinski definition) is 0. The Labute approximate surface area is 227 Å². The molecule has 190 valence electrons. The minimum Gasteiger partial charge on any atom is -0.497 e. The summed E-state index contributed by atoms with van der Waals surface area (Å²) in [5.41, 5.74) is 7.38. The Balaban J connectivity index is 1.43. The third-order valence-electron chi connectivity index (χ3n) is 7.50. The van der Waals surface area contributed by atoms with E-state index in [1.54, 1.807) is 31.4 Å². The van der Waals surface area contributed by atoms with Crippen LogP contribution in [0, 0.1) is 0 Å². The number of rotatable bonds is 6. The Hall–Kier alpha value is -4.96. The van der Waals surface area contributed by atoms with Gasteiger partial charge < -0.3 is 9.47 Å². The molecule has 0 amide bonds. The molecular formula is C35H26O4. The molecule has 0 saturated carbocycles. The van der Waals surface area contributed by atoms with Crippen LogP contribution in [0.5, 0.6) is 11.5 Å². The van der Waals surface area contributed by atoms with Crippen LogP contribution >= 0.6 is 0 Å². The average Bonchev–Trinajstić information content (AvgIpc) is 3.29. The molecule has 0 radical (unpaired) electrons. The van der Waals surface area contributed by atoms with Crippen molar-refractivity contribution in [3.05, 3.63) is 155 Å². The highest BCUT2D eigenvalue weighted by atomic mass is 16.5. The molecule has 0 heterocycles. The summed E-state index contributed by atoms with van der Waals surface area (Å²) >= 11 is 0. The highest BCUT2D eigenvalue weighted by Gasteiger charge is 2.45. The lowest BCUT2D eigenvalue weighted by Crippen LogP contribution is -2.28. The van der Waals surface area contributed by atoms with Crippen molar-refractivity contribution in [2.45, 2.75) is 12.3 Å². The van der Waals surface area contributed by atoms with Gasteiger partial charge in [-0.25, -0.2) is 4.79 Å². The van der Waals surface area contributed by atoms with Crippen LogP contribution in [0.2, 0.25) is 0 Å². The van der Waals surface area contributed by atoms with Crippen molar-refractivity contribution < 1.29 is 19.1 Å². The quantitative estimate of drug-likeness (QED) is 0.132. The van der Waals surface area contributed by atoms with Crippen molar-refractivity contribution in [3.8, 4) is 22.6 Å². The highest BCUT2D eigenvalue weighted by molar-refractivity contribution is 5.96. The van der Waals surface area contributed by atoms with Crippen molar-refractivity contribution >= 4 is 11.8 Å². The van der Waals surface area contributed by atoms with E-state index in [0.717, 1.165) is 16.9 Å². The van der Waals surface area contributed by atoms with E-state index in [1.165, 1.54) is 29.2 Å². The smallest absolute Gasteiger partial charge is 0.343 e. The second-order valence-corrected chi connectivity index (χ2v) is 9.62. The molecule has 0 atom stereocenters. The van der Waals surface area contributed by atoms with Crippen molar-refractivity contribution in [3.63, 3.8) is 0 Å². The van der Waals surface area contributed by atoms with Gasteiger partial charge in [-0.1, -0.05) is 84.9 Å². The molecule has 0 aliphatic heterocycles. The van der Waals surface area contributed by atoms with Gasteiger partial charge in [-0.2, -0.15) is 0 Å². The molecule has 0 N–H and O–H groups in total. The van der Waals surface area contributed by atoms with Gasteiger partial charge in [-0.15, -0.1) is 0 Å². The molecule has 0 saturated heterocycles. The van der Waals surface area contributed by atoms with Crippen LogP contribution in [0.1, 0.15) is 49.9 Å². The standard InChI is InChI=1S/C35H26O4/c1-23(36)24-11-13-25(14-12-24)34(37)39-29-21-17-27(18-22-29)35(26-15-19-28(38-2)20-16-26)32-9-5-3-7-30(32)31-8-4-6-10-33(31)35/h3-22H,1-2H3. The second-order valence-electron chi connectivity index (χ2n) is 9.62. The number of benzene rings is 5. The Kier molecular flexibility index (Phi) is 6.08. The molecule has 5 aromatic carbocycles. The maximum atomic E-state index is 12.8. The number of ether oxygens (including phenoxy) is 2. The monoisotopic (exact) mass is 510 g/mol. The van der Waals surface area contributed by atoms with Gasteiger partial charge in [0.2, 0.25) is 0 Å². The number of ketones is 1. The van der Waals surface area contributed by atoms with E-state index < -0.39 is 11.4 Å². The van der Waals surface area contributed by atoms with E-state index in [-0.39, 0.29) is 5.78 Å². The highest BCUT2D eigenvalue weighted by Crippen LogP contribution is 2.56. The van der Waals surface area contributed by atoms with Crippen LogP contribution in [-0.2, 0) is 5.41 Å². The average molecular weight is 511 g/mol. The van der Waals surface area contributed by atoms with E-state index in [1.807, 2.05) is 36.4 Å². The van der Waals surface area contributed by atoms with Crippen molar-refractivity contribution in [2.24, 2.45) is 0 Å². The molecule has 0 spiro atoms. The molecule has 4 heteroatoms.